The van der Waals surface area contributed by atoms with Crippen molar-refractivity contribution in [3.63, 3.8) is 0 Å². The van der Waals surface area contributed by atoms with Crippen LogP contribution < -0.4 is 10.2 Å². The number of ether oxygens (including phenoxy) is 2. The zero-order valence-electron chi connectivity index (χ0n) is 19.5. The summed E-state index contributed by atoms with van der Waals surface area (Å²) in [6.07, 6.45) is -1.75. The van der Waals surface area contributed by atoms with Crippen molar-refractivity contribution in [3.8, 4) is 11.4 Å². The van der Waals surface area contributed by atoms with Gasteiger partial charge in [0.2, 0.25) is 5.82 Å². The number of benzene rings is 1. The van der Waals surface area contributed by atoms with Gasteiger partial charge in [-0.15, -0.1) is 0 Å². The SMILES string of the molecule is CC(C)(C)OC(=O)Nc1nc2c(s1)C1COC(CC2)CN1c1nc(-c2cccc(C(F)F)c2)no1. The number of aryl methyl sites for hydroxylation is 1. The molecule has 1 N–H and O–H groups in total. The molecule has 1 aromatic carbocycles. The Morgan fingerprint density at radius 1 is 1.31 bits per heavy atom. The fourth-order valence-electron chi connectivity index (χ4n) is 4.13. The number of rotatable bonds is 4. The number of anilines is 2. The lowest BCUT2D eigenvalue weighted by Crippen LogP contribution is -2.46. The highest BCUT2D eigenvalue weighted by Crippen LogP contribution is 2.41. The highest BCUT2D eigenvalue weighted by Gasteiger charge is 2.38. The van der Waals surface area contributed by atoms with Crippen LogP contribution in [0.25, 0.3) is 11.4 Å². The number of fused-ring (bicyclic) bond motifs is 3. The summed E-state index contributed by atoms with van der Waals surface area (Å²) in [4.78, 5) is 24.3. The first-order chi connectivity index (χ1) is 16.7. The van der Waals surface area contributed by atoms with E-state index in [4.69, 9.17) is 14.0 Å². The van der Waals surface area contributed by atoms with E-state index in [9.17, 15) is 13.6 Å². The fourth-order valence-corrected chi connectivity index (χ4v) is 5.22. The van der Waals surface area contributed by atoms with Gasteiger partial charge in [0.1, 0.15) is 5.60 Å². The number of amides is 1. The third-order valence-electron chi connectivity index (χ3n) is 5.67. The van der Waals surface area contributed by atoms with E-state index in [1.54, 1.807) is 32.9 Å². The molecule has 2 aromatic heterocycles. The summed E-state index contributed by atoms with van der Waals surface area (Å²) in [5.74, 6) is 0.234. The number of nitrogens with zero attached hydrogens (tertiary/aromatic N) is 4. The van der Waals surface area contributed by atoms with E-state index in [1.165, 1.54) is 23.5 Å². The third kappa shape index (κ3) is 5.13. The van der Waals surface area contributed by atoms with Crippen molar-refractivity contribution < 1.29 is 27.6 Å². The first-order valence-electron chi connectivity index (χ1n) is 11.3. The van der Waals surface area contributed by atoms with Crippen molar-refractivity contribution in [2.45, 2.75) is 57.8 Å². The van der Waals surface area contributed by atoms with Crippen LogP contribution >= 0.6 is 11.3 Å². The minimum Gasteiger partial charge on any atom is -0.444 e. The number of carbonyl (C=O) groups is 1. The minimum atomic E-state index is -2.59. The topological polar surface area (TPSA) is 103 Å². The number of thiazole rings is 1. The number of hydrogen-bond acceptors (Lipinski definition) is 9. The largest absolute Gasteiger partial charge is 0.444 e. The second-order valence-corrected chi connectivity index (χ2v) is 10.5. The van der Waals surface area contributed by atoms with Gasteiger partial charge in [0.05, 0.1) is 29.3 Å². The molecule has 3 aliphatic heterocycles. The fraction of sp³-hybridized carbons (Fsp3) is 0.478. The number of morpholine rings is 1. The lowest BCUT2D eigenvalue weighted by atomic mass is 10.0. The second-order valence-electron chi connectivity index (χ2n) is 9.45. The zero-order chi connectivity index (χ0) is 24.7. The van der Waals surface area contributed by atoms with E-state index in [2.05, 4.69) is 20.4 Å². The first kappa shape index (κ1) is 23.6. The molecule has 2 atom stereocenters. The van der Waals surface area contributed by atoms with Crippen LogP contribution in [0.5, 0.6) is 0 Å². The molecular formula is C23H25F2N5O4S. The van der Waals surface area contributed by atoms with E-state index in [1.807, 2.05) is 4.90 Å². The summed E-state index contributed by atoms with van der Waals surface area (Å²) in [7, 11) is 0. The maximum absolute atomic E-state index is 13.1. The van der Waals surface area contributed by atoms with E-state index in [0.717, 1.165) is 17.0 Å². The number of carbonyl (C=O) groups excluding carboxylic acids is 1. The highest BCUT2D eigenvalue weighted by molar-refractivity contribution is 7.16. The molecule has 2 bridgehead atoms. The number of halogens is 2. The lowest BCUT2D eigenvalue weighted by Gasteiger charge is -2.40. The van der Waals surface area contributed by atoms with E-state index < -0.39 is 18.1 Å². The van der Waals surface area contributed by atoms with Crippen molar-refractivity contribution in [1.82, 2.24) is 15.1 Å². The maximum atomic E-state index is 13.1. The molecule has 0 saturated carbocycles. The number of hydrogen-bond donors (Lipinski definition) is 1. The van der Waals surface area contributed by atoms with Crippen molar-refractivity contribution in [2.75, 3.05) is 23.4 Å². The molecule has 186 valence electrons. The Morgan fingerprint density at radius 3 is 2.91 bits per heavy atom. The quantitative estimate of drug-likeness (QED) is 0.505. The maximum Gasteiger partial charge on any atom is 0.413 e. The molecule has 2 unspecified atom stereocenters. The minimum absolute atomic E-state index is 0.0547. The zero-order valence-corrected chi connectivity index (χ0v) is 20.3. The predicted octanol–water partition coefficient (Wildman–Crippen LogP) is 5.37. The summed E-state index contributed by atoms with van der Waals surface area (Å²) in [6.45, 7) is 6.32. The highest BCUT2D eigenvalue weighted by atomic mass is 32.1. The van der Waals surface area contributed by atoms with Crippen LogP contribution in [0, 0.1) is 0 Å². The Bertz CT molecular complexity index is 1220. The molecule has 1 fully saturated rings. The molecule has 3 aromatic rings. The Hall–Kier alpha value is -3.12. The first-order valence-corrected chi connectivity index (χ1v) is 12.1. The lowest BCUT2D eigenvalue weighted by molar-refractivity contribution is 0.00861. The van der Waals surface area contributed by atoms with E-state index >= 15 is 0 Å². The summed E-state index contributed by atoms with van der Waals surface area (Å²) in [5, 5.41) is 7.21. The Balaban J connectivity index is 1.41. The second kappa shape index (κ2) is 9.15. The van der Waals surface area contributed by atoms with Gasteiger partial charge in [0, 0.05) is 17.7 Å². The molecular weight excluding hydrogens is 480 g/mol. The Kier molecular flexibility index (Phi) is 6.18. The van der Waals surface area contributed by atoms with Crippen molar-refractivity contribution in [2.24, 2.45) is 0 Å². The average Bonchev–Trinajstić information content (AvgIpc) is 3.42. The number of aromatic nitrogens is 3. The van der Waals surface area contributed by atoms with Gasteiger partial charge in [-0.2, -0.15) is 4.98 Å². The summed E-state index contributed by atoms with van der Waals surface area (Å²) < 4.78 is 43.2. The Morgan fingerprint density at radius 2 is 2.14 bits per heavy atom. The summed E-state index contributed by atoms with van der Waals surface area (Å²) in [6, 6.07) is 5.97. The van der Waals surface area contributed by atoms with Gasteiger partial charge in [-0.3, -0.25) is 5.32 Å². The van der Waals surface area contributed by atoms with Gasteiger partial charge < -0.3 is 18.9 Å². The molecule has 0 spiro atoms. The van der Waals surface area contributed by atoms with Crippen LogP contribution in [0.3, 0.4) is 0 Å². The van der Waals surface area contributed by atoms with Crippen LogP contribution in [0.4, 0.5) is 24.7 Å². The van der Waals surface area contributed by atoms with Crippen molar-refractivity contribution in [1.29, 1.82) is 0 Å². The molecule has 12 heteroatoms. The molecule has 1 saturated heterocycles. The number of nitrogens with one attached hydrogen (secondary N) is 1. The normalized spacial score (nSPS) is 19.9. The van der Waals surface area contributed by atoms with Crippen LogP contribution in [0.2, 0.25) is 0 Å². The van der Waals surface area contributed by atoms with Gasteiger partial charge in [-0.05, 0) is 39.7 Å². The van der Waals surface area contributed by atoms with Crippen molar-refractivity contribution >= 4 is 28.6 Å². The molecule has 0 radical (unpaired) electrons. The average molecular weight is 506 g/mol. The van der Waals surface area contributed by atoms with Crippen LogP contribution in [-0.2, 0) is 15.9 Å². The van der Waals surface area contributed by atoms with E-state index in [-0.39, 0.29) is 29.5 Å². The Labute approximate surface area is 204 Å². The molecule has 6 rings (SSSR count). The van der Waals surface area contributed by atoms with Crippen LogP contribution in [-0.4, -0.2) is 46.1 Å². The monoisotopic (exact) mass is 505 g/mol. The number of alkyl halides is 2. The van der Waals surface area contributed by atoms with Gasteiger partial charge in [0.25, 0.3) is 6.43 Å². The summed E-state index contributed by atoms with van der Waals surface area (Å²) in [5.41, 5.74) is 0.609. The van der Waals surface area contributed by atoms with Gasteiger partial charge in [-0.25, -0.2) is 18.6 Å². The van der Waals surface area contributed by atoms with Crippen molar-refractivity contribution in [3.05, 3.63) is 40.4 Å². The smallest absolute Gasteiger partial charge is 0.413 e. The van der Waals surface area contributed by atoms with Crippen LogP contribution in [0.1, 0.15) is 55.8 Å². The molecule has 5 heterocycles. The van der Waals surface area contributed by atoms with E-state index in [0.29, 0.717) is 30.3 Å². The van der Waals surface area contributed by atoms with Gasteiger partial charge in [-0.1, -0.05) is 34.7 Å². The van der Waals surface area contributed by atoms with Gasteiger partial charge >= 0.3 is 12.1 Å². The predicted molar refractivity (Wildman–Crippen MR) is 125 cm³/mol. The third-order valence-corrected chi connectivity index (χ3v) is 6.78. The summed E-state index contributed by atoms with van der Waals surface area (Å²) >= 11 is 1.36. The molecule has 35 heavy (non-hydrogen) atoms. The van der Waals surface area contributed by atoms with Crippen LogP contribution in [0.15, 0.2) is 28.8 Å². The molecule has 3 aliphatic rings. The van der Waals surface area contributed by atoms with Gasteiger partial charge in [0.15, 0.2) is 5.13 Å². The molecule has 0 aliphatic carbocycles. The molecule has 9 nitrogen and oxygen atoms in total. The molecule has 1 amide bonds. The standard InChI is InChI=1S/C23H25F2N5O4S/c1-23(2,3)33-22(31)28-20-26-15-8-7-14-10-30(16(11-32-14)17(15)35-20)21-27-19(29-34-21)13-6-4-5-12(9-13)18(24)25/h4-6,9,14,16,18H,7-8,10-11H2,1-3H3,(H,26,28,31).